The zero-order chi connectivity index (χ0) is 15.7. The van der Waals surface area contributed by atoms with E-state index in [9.17, 15) is 20.0 Å². The Hall–Kier alpha value is -2.00. The summed E-state index contributed by atoms with van der Waals surface area (Å²) >= 11 is 0. The van der Waals surface area contributed by atoms with Crippen LogP contribution >= 0.6 is 0 Å². The molecule has 0 radical (unpaired) electrons. The van der Waals surface area contributed by atoms with Gasteiger partial charge in [-0.25, -0.2) is 4.68 Å². The molecule has 2 atom stereocenters. The number of rotatable bonds is 4. The Balaban J connectivity index is 2.23. The highest BCUT2D eigenvalue weighted by Gasteiger charge is 2.37. The highest BCUT2D eigenvalue weighted by molar-refractivity contribution is 5.76. The molecule has 1 aromatic rings. The lowest BCUT2D eigenvalue weighted by molar-refractivity contribution is -0.386. The van der Waals surface area contributed by atoms with Crippen molar-refractivity contribution in [1.29, 1.82) is 0 Å². The molecule has 21 heavy (non-hydrogen) atoms. The lowest BCUT2D eigenvalue weighted by Crippen LogP contribution is -2.38. The first-order chi connectivity index (χ1) is 9.85. The van der Waals surface area contributed by atoms with Gasteiger partial charge in [0.15, 0.2) is 0 Å². The largest absolute Gasteiger partial charge is 0.468 e. The van der Waals surface area contributed by atoms with Gasteiger partial charge in [-0.05, 0) is 13.8 Å². The fourth-order valence-electron chi connectivity index (χ4n) is 2.68. The van der Waals surface area contributed by atoms with Crippen molar-refractivity contribution < 1.29 is 19.6 Å². The van der Waals surface area contributed by atoms with E-state index in [0.717, 1.165) is 0 Å². The van der Waals surface area contributed by atoms with E-state index >= 15 is 0 Å². The highest BCUT2D eigenvalue weighted by atomic mass is 16.6. The Labute approximate surface area is 121 Å². The van der Waals surface area contributed by atoms with E-state index in [1.807, 2.05) is 0 Å². The number of methoxy groups -OCH3 is 1. The van der Waals surface area contributed by atoms with Gasteiger partial charge in [0.1, 0.15) is 17.4 Å². The number of ether oxygens (including phenoxy) is 1. The van der Waals surface area contributed by atoms with Crippen molar-refractivity contribution in [3.8, 4) is 0 Å². The van der Waals surface area contributed by atoms with E-state index in [0.29, 0.717) is 17.9 Å². The van der Waals surface area contributed by atoms with Gasteiger partial charge in [0.2, 0.25) is 0 Å². The zero-order valence-electron chi connectivity index (χ0n) is 12.1. The van der Waals surface area contributed by atoms with Gasteiger partial charge in [-0.2, -0.15) is 5.10 Å². The van der Waals surface area contributed by atoms with Crippen molar-refractivity contribution in [3.05, 3.63) is 21.5 Å². The quantitative estimate of drug-likeness (QED) is 0.472. The normalized spacial score (nSPS) is 22.5. The molecule has 1 saturated heterocycles. The molecule has 0 saturated carbocycles. The molecule has 1 N–H and O–H groups in total. The fraction of sp³-hybridized carbons (Fsp3) is 0.667. The van der Waals surface area contributed by atoms with Crippen LogP contribution < -0.4 is 0 Å². The zero-order valence-corrected chi connectivity index (χ0v) is 12.1. The summed E-state index contributed by atoms with van der Waals surface area (Å²) in [6.45, 7) is 3.67. The second-order valence-corrected chi connectivity index (χ2v) is 5.12. The molecular weight excluding hydrogens is 280 g/mol. The molecule has 1 aliphatic rings. The summed E-state index contributed by atoms with van der Waals surface area (Å²) in [7, 11) is 1.29. The molecule has 9 nitrogen and oxygen atoms in total. The lowest BCUT2D eigenvalue weighted by Gasteiger charge is -2.22. The standard InChI is InChI=1S/C12H18N4O5/c1-7-11(16(19)20)8(2)15(13-7)6-14-5-9(17)4-10(14)12(18)21-3/h9-10,17H,4-6H2,1-3H3/t9-,10-/m0/s1. The Morgan fingerprint density at radius 1 is 1.57 bits per heavy atom. The average molecular weight is 298 g/mol. The van der Waals surface area contributed by atoms with Gasteiger partial charge in [-0.1, -0.05) is 0 Å². The first kappa shape index (κ1) is 15.4. The van der Waals surface area contributed by atoms with Gasteiger partial charge in [0.25, 0.3) is 0 Å². The third-order valence-electron chi connectivity index (χ3n) is 3.70. The Morgan fingerprint density at radius 2 is 2.24 bits per heavy atom. The summed E-state index contributed by atoms with van der Waals surface area (Å²) in [5, 5.41) is 24.9. The number of aliphatic hydroxyl groups is 1. The first-order valence-corrected chi connectivity index (χ1v) is 6.53. The molecule has 116 valence electrons. The molecule has 0 amide bonds. The number of β-amino-alcohol motifs (C(OH)–C–C–N with tert-alkyl or cyclic N) is 1. The summed E-state index contributed by atoms with van der Waals surface area (Å²) in [6.07, 6.45) is -0.338. The average Bonchev–Trinajstić information content (AvgIpc) is 2.90. The van der Waals surface area contributed by atoms with Crippen LogP contribution in [0.2, 0.25) is 0 Å². The number of likely N-dealkylation sites (tertiary alicyclic amines) is 1. The van der Waals surface area contributed by atoms with Crippen LogP contribution in [0.5, 0.6) is 0 Å². The second kappa shape index (κ2) is 5.78. The van der Waals surface area contributed by atoms with Crippen LogP contribution in [0, 0.1) is 24.0 Å². The van der Waals surface area contributed by atoms with Crippen LogP contribution in [-0.4, -0.2) is 56.5 Å². The van der Waals surface area contributed by atoms with E-state index < -0.39 is 23.0 Å². The first-order valence-electron chi connectivity index (χ1n) is 6.53. The maximum atomic E-state index is 11.7. The third kappa shape index (κ3) is 2.88. The minimum Gasteiger partial charge on any atom is -0.468 e. The van der Waals surface area contributed by atoms with Gasteiger partial charge in [0.05, 0.1) is 24.8 Å². The van der Waals surface area contributed by atoms with E-state index in [1.165, 1.54) is 11.8 Å². The molecule has 2 heterocycles. The van der Waals surface area contributed by atoms with E-state index in [1.54, 1.807) is 18.7 Å². The number of aromatic nitrogens is 2. The van der Waals surface area contributed by atoms with E-state index in [2.05, 4.69) is 5.10 Å². The molecule has 1 aliphatic heterocycles. The number of aliphatic hydroxyl groups excluding tert-OH is 1. The van der Waals surface area contributed by atoms with Crippen LogP contribution in [-0.2, 0) is 16.2 Å². The summed E-state index contributed by atoms with van der Waals surface area (Å²) in [5.41, 5.74) is 0.721. The van der Waals surface area contributed by atoms with Gasteiger partial charge in [0, 0.05) is 13.0 Å². The molecule has 1 fully saturated rings. The van der Waals surface area contributed by atoms with Crippen molar-refractivity contribution >= 4 is 11.7 Å². The summed E-state index contributed by atoms with van der Waals surface area (Å²) in [4.78, 5) is 23.9. The van der Waals surface area contributed by atoms with E-state index in [-0.39, 0.29) is 18.8 Å². The van der Waals surface area contributed by atoms with Crippen molar-refractivity contribution in [3.63, 3.8) is 0 Å². The number of carbonyl (C=O) groups excluding carboxylic acids is 1. The van der Waals surface area contributed by atoms with E-state index in [4.69, 9.17) is 4.74 Å². The molecule has 0 aliphatic carbocycles. The molecule has 1 aromatic heterocycles. The number of nitrogens with zero attached hydrogens (tertiary/aromatic N) is 4. The molecule has 0 unspecified atom stereocenters. The fourth-order valence-corrected chi connectivity index (χ4v) is 2.68. The maximum Gasteiger partial charge on any atom is 0.323 e. The number of carbonyl (C=O) groups is 1. The molecule has 0 aromatic carbocycles. The van der Waals surface area contributed by atoms with Crippen LogP contribution in [0.4, 0.5) is 5.69 Å². The minimum absolute atomic E-state index is 0.0237. The molecule has 0 spiro atoms. The smallest absolute Gasteiger partial charge is 0.323 e. The van der Waals surface area contributed by atoms with Crippen molar-refractivity contribution in [2.45, 2.75) is 39.1 Å². The van der Waals surface area contributed by atoms with Crippen molar-refractivity contribution in [2.24, 2.45) is 0 Å². The predicted octanol–water partition coefficient (Wildman–Crippen LogP) is -0.0262. The third-order valence-corrected chi connectivity index (χ3v) is 3.70. The SMILES string of the molecule is COC(=O)[C@@H]1C[C@H](O)CN1Cn1nc(C)c([N+](=O)[O-])c1C. The highest BCUT2D eigenvalue weighted by Crippen LogP contribution is 2.24. The number of nitro groups is 1. The number of aryl methyl sites for hydroxylation is 1. The van der Waals surface area contributed by atoms with Crippen LogP contribution in [0.25, 0.3) is 0 Å². The summed E-state index contributed by atoms with van der Waals surface area (Å²) in [5.74, 6) is -0.428. The molecular formula is C12H18N4O5. The summed E-state index contributed by atoms with van der Waals surface area (Å²) < 4.78 is 6.19. The number of hydrogen-bond acceptors (Lipinski definition) is 7. The van der Waals surface area contributed by atoms with Crippen LogP contribution in [0.1, 0.15) is 17.8 Å². The Kier molecular flexibility index (Phi) is 4.24. The molecule has 0 bridgehead atoms. The second-order valence-electron chi connectivity index (χ2n) is 5.12. The minimum atomic E-state index is -0.624. The Morgan fingerprint density at radius 3 is 2.76 bits per heavy atom. The monoisotopic (exact) mass is 298 g/mol. The number of hydrogen-bond donors (Lipinski definition) is 1. The predicted molar refractivity (Wildman–Crippen MR) is 71.5 cm³/mol. The van der Waals surface area contributed by atoms with Gasteiger partial charge >= 0.3 is 11.7 Å². The topological polar surface area (TPSA) is 111 Å². The maximum absolute atomic E-state index is 11.7. The van der Waals surface area contributed by atoms with Crippen molar-refractivity contribution in [2.75, 3.05) is 13.7 Å². The van der Waals surface area contributed by atoms with Crippen molar-refractivity contribution in [1.82, 2.24) is 14.7 Å². The summed E-state index contributed by atoms with van der Waals surface area (Å²) in [6, 6.07) is -0.562. The van der Waals surface area contributed by atoms with Crippen LogP contribution in [0.3, 0.4) is 0 Å². The Bertz CT molecular complexity index is 570. The van der Waals surface area contributed by atoms with Crippen LogP contribution in [0.15, 0.2) is 0 Å². The lowest BCUT2D eigenvalue weighted by atomic mass is 10.2. The molecule has 9 heteroatoms. The van der Waals surface area contributed by atoms with Gasteiger partial charge in [-0.3, -0.25) is 19.8 Å². The number of esters is 1. The van der Waals surface area contributed by atoms with Gasteiger partial charge in [-0.15, -0.1) is 0 Å². The van der Waals surface area contributed by atoms with Gasteiger partial charge < -0.3 is 9.84 Å². The molecule has 2 rings (SSSR count).